The molecule has 0 saturated heterocycles. The van der Waals surface area contributed by atoms with Crippen LogP contribution in [0.4, 0.5) is 0 Å². The predicted molar refractivity (Wildman–Crippen MR) is 82.6 cm³/mol. The molecule has 1 atom stereocenters. The van der Waals surface area contributed by atoms with Crippen molar-refractivity contribution in [3.8, 4) is 0 Å². The van der Waals surface area contributed by atoms with Crippen molar-refractivity contribution in [2.75, 3.05) is 0 Å². The Morgan fingerprint density at radius 1 is 1.20 bits per heavy atom. The zero-order chi connectivity index (χ0) is 14.1. The van der Waals surface area contributed by atoms with Crippen LogP contribution in [0.3, 0.4) is 0 Å². The number of ketones is 1. The highest BCUT2D eigenvalue weighted by Crippen LogP contribution is 2.34. The molecule has 102 valence electrons. The lowest BCUT2D eigenvalue weighted by Crippen LogP contribution is -2.18. The predicted octanol–water partition coefficient (Wildman–Crippen LogP) is 4.95. The van der Waals surface area contributed by atoms with E-state index in [2.05, 4.69) is 18.2 Å². The molecule has 0 N–H and O–H groups in total. The summed E-state index contributed by atoms with van der Waals surface area (Å²) < 4.78 is 0. The standard InChI is InChI=1S/C18H17ClO/c1-12-9-10-14(11-17(12)19)18(20)16-8-4-6-13-5-2-3-7-15(13)16/h2-3,5,7,9-11,16H,4,6,8H2,1H3. The van der Waals surface area contributed by atoms with Crippen molar-refractivity contribution >= 4 is 17.4 Å². The topological polar surface area (TPSA) is 17.1 Å². The molecule has 1 unspecified atom stereocenters. The van der Waals surface area contributed by atoms with Gasteiger partial charge in [0.2, 0.25) is 0 Å². The molecule has 0 fully saturated rings. The second-order valence-electron chi connectivity index (χ2n) is 5.47. The third-order valence-corrected chi connectivity index (χ3v) is 4.55. The second kappa shape index (κ2) is 5.41. The summed E-state index contributed by atoms with van der Waals surface area (Å²) in [6, 6.07) is 13.9. The number of carbonyl (C=O) groups is 1. The van der Waals surface area contributed by atoms with Crippen molar-refractivity contribution in [2.24, 2.45) is 0 Å². The molecule has 20 heavy (non-hydrogen) atoms. The van der Waals surface area contributed by atoms with Crippen LogP contribution < -0.4 is 0 Å². The Kier molecular flexibility index (Phi) is 3.62. The summed E-state index contributed by atoms with van der Waals surface area (Å²) in [7, 11) is 0. The van der Waals surface area contributed by atoms with Crippen molar-refractivity contribution in [3.05, 3.63) is 69.7 Å². The molecule has 0 aromatic heterocycles. The Balaban J connectivity index is 1.97. The summed E-state index contributed by atoms with van der Waals surface area (Å²) in [6.07, 6.45) is 3.09. The van der Waals surface area contributed by atoms with Crippen LogP contribution in [0.15, 0.2) is 42.5 Å². The van der Waals surface area contributed by atoms with Gasteiger partial charge in [-0.2, -0.15) is 0 Å². The summed E-state index contributed by atoms with van der Waals surface area (Å²) in [5.74, 6) is 0.178. The minimum atomic E-state index is -0.0151. The van der Waals surface area contributed by atoms with Crippen LogP contribution in [-0.4, -0.2) is 5.78 Å². The Morgan fingerprint density at radius 2 is 2.00 bits per heavy atom. The third-order valence-electron chi connectivity index (χ3n) is 4.14. The van der Waals surface area contributed by atoms with Gasteiger partial charge in [0.1, 0.15) is 0 Å². The molecule has 0 spiro atoms. The maximum Gasteiger partial charge on any atom is 0.170 e. The van der Waals surface area contributed by atoms with Gasteiger partial charge in [-0.1, -0.05) is 48.0 Å². The van der Waals surface area contributed by atoms with E-state index < -0.39 is 0 Å². The highest BCUT2D eigenvalue weighted by molar-refractivity contribution is 6.31. The van der Waals surface area contributed by atoms with E-state index >= 15 is 0 Å². The summed E-state index contributed by atoms with van der Waals surface area (Å²) in [4.78, 5) is 12.8. The second-order valence-corrected chi connectivity index (χ2v) is 5.88. The number of benzene rings is 2. The average molecular weight is 285 g/mol. The van der Waals surface area contributed by atoms with Crippen molar-refractivity contribution in [2.45, 2.75) is 32.1 Å². The lowest BCUT2D eigenvalue weighted by atomic mass is 9.79. The summed E-state index contributed by atoms with van der Waals surface area (Å²) in [6.45, 7) is 1.95. The molecule has 1 aliphatic carbocycles. The lowest BCUT2D eigenvalue weighted by molar-refractivity contribution is 0.0951. The first-order chi connectivity index (χ1) is 9.66. The van der Waals surface area contributed by atoms with Crippen LogP contribution >= 0.6 is 11.6 Å². The first-order valence-electron chi connectivity index (χ1n) is 7.05. The average Bonchev–Trinajstić information content (AvgIpc) is 2.49. The fourth-order valence-electron chi connectivity index (χ4n) is 2.97. The Hall–Kier alpha value is -1.60. The van der Waals surface area contributed by atoms with Gasteiger partial charge in [-0.25, -0.2) is 0 Å². The van der Waals surface area contributed by atoms with Gasteiger partial charge in [-0.3, -0.25) is 4.79 Å². The molecular weight excluding hydrogens is 268 g/mol. The molecule has 0 saturated carbocycles. The van der Waals surface area contributed by atoms with Gasteiger partial charge in [-0.05, 0) is 48.9 Å². The molecule has 0 heterocycles. The van der Waals surface area contributed by atoms with Crippen molar-refractivity contribution < 1.29 is 4.79 Å². The van der Waals surface area contributed by atoms with E-state index in [1.165, 1.54) is 11.1 Å². The summed E-state index contributed by atoms with van der Waals surface area (Å²) >= 11 is 6.14. The first-order valence-corrected chi connectivity index (χ1v) is 7.43. The van der Waals surface area contributed by atoms with Gasteiger partial charge in [0.05, 0.1) is 0 Å². The van der Waals surface area contributed by atoms with Gasteiger partial charge in [0.25, 0.3) is 0 Å². The fraction of sp³-hybridized carbons (Fsp3) is 0.278. The highest BCUT2D eigenvalue weighted by Gasteiger charge is 2.27. The minimum Gasteiger partial charge on any atom is -0.293 e. The molecule has 2 aromatic rings. The van der Waals surface area contributed by atoms with Crippen LogP contribution in [-0.2, 0) is 6.42 Å². The van der Waals surface area contributed by atoms with Gasteiger partial charge >= 0.3 is 0 Å². The Bertz CT molecular complexity index is 660. The molecule has 3 rings (SSSR count). The first kappa shape index (κ1) is 13.4. The van der Waals surface area contributed by atoms with Crippen molar-refractivity contribution in [3.63, 3.8) is 0 Å². The number of Topliss-reactive ketones (excluding diaryl/α,β-unsaturated/α-hetero) is 1. The molecule has 2 heteroatoms. The summed E-state index contributed by atoms with van der Waals surface area (Å²) in [5.41, 5.74) is 4.24. The van der Waals surface area contributed by atoms with Crippen LogP contribution in [0.25, 0.3) is 0 Å². The zero-order valence-electron chi connectivity index (χ0n) is 11.5. The van der Waals surface area contributed by atoms with Crippen molar-refractivity contribution in [1.82, 2.24) is 0 Å². The Morgan fingerprint density at radius 3 is 2.80 bits per heavy atom. The normalized spacial score (nSPS) is 17.6. The number of aryl methyl sites for hydroxylation is 2. The number of halogens is 1. The Labute approximate surface area is 124 Å². The minimum absolute atomic E-state index is 0.0151. The van der Waals surface area contributed by atoms with Crippen LogP contribution in [0, 0.1) is 6.92 Å². The maximum atomic E-state index is 12.8. The molecule has 0 aliphatic heterocycles. The van der Waals surface area contributed by atoms with Gasteiger partial charge in [-0.15, -0.1) is 0 Å². The van der Waals surface area contributed by atoms with E-state index in [4.69, 9.17) is 11.6 Å². The van der Waals surface area contributed by atoms with Crippen LogP contribution in [0.5, 0.6) is 0 Å². The van der Waals surface area contributed by atoms with E-state index in [0.29, 0.717) is 5.02 Å². The number of rotatable bonds is 2. The molecule has 0 amide bonds. The molecule has 0 bridgehead atoms. The number of hydrogen-bond donors (Lipinski definition) is 0. The maximum absolute atomic E-state index is 12.8. The fourth-order valence-corrected chi connectivity index (χ4v) is 3.15. The van der Waals surface area contributed by atoms with E-state index in [-0.39, 0.29) is 11.7 Å². The zero-order valence-corrected chi connectivity index (χ0v) is 12.3. The molecule has 2 aromatic carbocycles. The van der Waals surface area contributed by atoms with E-state index in [0.717, 1.165) is 30.4 Å². The SMILES string of the molecule is Cc1ccc(C(=O)C2CCCc3ccccc32)cc1Cl. The molecule has 0 radical (unpaired) electrons. The quantitative estimate of drug-likeness (QED) is 0.713. The van der Waals surface area contributed by atoms with E-state index in [9.17, 15) is 4.79 Å². The van der Waals surface area contributed by atoms with E-state index in [1.807, 2.05) is 25.1 Å². The van der Waals surface area contributed by atoms with Crippen LogP contribution in [0.2, 0.25) is 5.02 Å². The molecular formula is C18H17ClO. The van der Waals surface area contributed by atoms with E-state index in [1.54, 1.807) is 6.07 Å². The monoisotopic (exact) mass is 284 g/mol. The largest absolute Gasteiger partial charge is 0.293 e. The number of hydrogen-bond acceptors (Lipinski definition) is 1. The number of fused-ring (bicyclic) bond motifs is 1. The van der Waals surface area contributed by atoms with Gasteiger partial charge in [0, 0.05) is 16.5 Å². The number of carbonyl (C=O) groups excluding carboxylic acids is 1. The van der Waals surface area contributed by atoms with Crippen LogP contribution in [0.1, 0.15) is 45.8 Å². The highest BCUT2D eigenvalue weighted by atomic mass is 35.5. The van der Waals surface area contributed by atoms with Gasteiger partial charge in [0.15, 0.2) is 5.78 Å². The third kappa shape index (κ3) is 2.38. The molecule has 1 aliphatic rings. The lowest BCUT2D eigenvalue weighted by Gasteiger charge is -2.24. The van der Waals surface area contributed by atoms with Gasteiger partial charge < -0.3 is 0 Å². The smallest absolute Gasteiger partial charge is 0.170 e. The molecule has 1 nitrogen and oxygen atoms in total. The summed E-state index contributed by atoms with van der Waals surface area (Å²) in [5, 5.41) is 0.667. The van der Waals surface area contributed by atoms with Crippen molar-refractivity contribution in [1.29, 1.82) is 0 Å².